The van der Waals surface area contributed by atoms with Gasteiger partial charge in [0, 0.05) is 11.6 Å². The third kappa shape index (κ3) is 2.24. The van der Waals surface area contributed by atoms with E-state index >= 15 is 0 Å². The first kappa shape index (κ1) is 13.5. The van der Waals surface area contributed by atoms with E-state index in [0.717, 1.165) is 10.7 Å². The number of nitrogens with zero attached hydrogens (tertiary/aromatic N) is 4. The molecule has 0 spiro atoms. The molecule has 0 unspecified atom stereocenters. The Bertz CT molecular complexity index is 959. The van der Waals surface area contributed by atoms with Crippen LogP contribution in [-0.2, 0) is 0 Å². The Hall–Kier alpha value is -2.43. The highest BCUT2D eigenvalue weighted by Crippen LogP contribution is 2.23. The second-order valence-corrected chi connectivity index (χ2v) is 5.46. The molecule has 104 valence electrons. The van der Waals surface area contributed by atoms with Crippen molar-refractivity contribution >= 4 is 40.1 Å². The molecule has 0 atom stereocenters. The van der Waals surface area contributed by atoms with Crippen LogP contribution >= 0.6 is 22.9 Å². The summed E-state index contributed by atoms with van der Waals surface area (Å²) >= 11 is 7.57. The van der Waals surface area contributed by atoms with Crippen molar-refractivity contribution < 1.29 is 0 Å². The minimum atomic E-state index is -0.491. The number of nitrogens with one attached hydrogen (secondary N) is 1. The van der Waals surface area contributed by atoms with E-state index in [0.29, 0.717) is 16.4 Å². The van der Waals surface area contributed by atoms with Crippen LogP contribution < -0.4 is 5.56 Å². The lowest BCUT2D eigenvalue weighted by atomic mass is 10.1. The minimum absolute atomic E-state index is 0.0599. The Kier molecular flexibility index (Phi) is 3.33. The van der Waals surface area contributed by atoms with Gasteiger partial charge in [0.25, 0.3) is 5.56 Å². The average molecular weight is 318 g/mol. The van der Waals surface area contributed by atoms with E-state index in [9.17, 15) is 4.79 Å². The second kappa shape index (κ2) is 5.16. The molecule has 0 aliphatic heterocycles. The molecule has 8 heteroatoms. The molecule has 0 fully saturated rings. The summed E-state index contributed by atoms with van der Waals surface area (Å²) in [4.78, 5) is 16.5. The summed E-state index contributed by atoms with van der Waals surface area (Å²) in [6.45, 7) is 1.68. The van der Waals surface area contributed by atoms with Gasteiger partial charge in [-0.25, -0.2) is 10.1 Å². The van der Waals surface area contributed by atoms with Crippen LogP contribution in [0, 0.1) is 18.3 Å². The van der Waals surface area contributed by atoms with Gasteiger partial charge >= 0.3 is 0 Å². The smallest absolute Gasteiger partial charge is 0.282 e. The van der Waals surface area contributed by atoms with Gasteiger partial charge in [0.2, 0.25) is 0 Å². The van der Waals surface area contributed by atoms with Crippen molar-refractivity contribution in [1.29, 1.82) is 5.26 Å². The molecule has 0 aromatic carbocycles. The molecule has 6 nitrogen and oxygen atoms in total. The van der Waals surface area contributed by atoms with Gasteiger partial charge in [-0.2, -0.15) is 10.4 Å². The van der Waals surface area contributed by atoms with E-state index in [1.165, 1.54) is 11.3 Å². The number of H-pyrrole nitrogens is 1. The van der Waals surface area contributed by atoms with Crippen LogP contribution in [0.3, 0.4) is 0 Å². The number of imidazole rings is 1. The molecule has 0 aliphatic carbocycles. The number of aromatic nitrogens is 4. The third-order valence-corrected chi connectivity index (χ3v) is 4.06. The second-order valence-electron chi connectivity index (χ2n) is 4.23. The molecular formula is C13H8ClN5OS. The largest absolute Gasteiger partial charge is 0.289 e. The highest BCUT2D eigenvalue weighted by Gasteiger charge is 2.10. The third-order valence-electron chi connectivity index (χ3n) is 3.03. The van der Waals surface area contributed by atoms with Crippen LogP contribution in [0.25, 0.3) is 17.1 Å². The lowest BCUT2D eigenvalue weighted by Gasteiger charge is -2.00. The summed E-state index contributed by atoms with van der Waals surface area (Å²) in [7, 11) is 0. The molecule has 21 heavy (non-hydrogen) atoms. The lowest BCUT2D eigenvalue weighted by molar-refractivity contribution is 0.952. The number of rotatable bonds is 2. The fraction of sp³-hybridized carbons (Fsp3) is 0.0769. The summed E-state index contributed by atoms with van der Waals surface area (Å²) in [5.74, 6) is 0. The summed E-state index contributed by atoms with van der Waals surface area (Å²) in [5.41, 5.74) is 1.32. The quantitative estimate of drug-likeness (QED) is 0.786. The Balaban J connectivity index is 2.08. The van der Waals surface area contributed by atoms with Crippen molar-refractivity contribution in [2.75, 3.05) is 0 Å². The maximum Gasteiger partial charge on any atom is 0.282 e. The van der Waals surface area contributed by atoms with Crippen LogP contribution in [0.4, 0.5) is 0 Å². The highest BCUT2D eigenvalue weighted by molar-refractivity contribution is 7.15. The molecule has 3 aromatic heterocycles. The van der Waals surface area contributed by atoms with Crippen molar-refractivity contribution in [2.45, 2.75) is 6.92 Å². The van der Waals surface area contributed by atoms with Gasteiger partial charge in [0.05, 0.1) is 11.4 Å². The molecule has 0 saturated heterocycles. The molecular weight excluding hydrogens is 310 g/mol. The van der Waals surface area contributed by atoms with Crippen LogP contribution in [-0.4, -0.2) is 19.6 Å². The van der Waals surface area contributed by atoms with Gasteiger partial charge in [-0.15, -0.1) is 11.3 Å². The average Bonchev–Trinajstić information content (AvgIpc) is 3.00. The minimum Gasteiger partial charge on any atom is -0.289 e. The Morgan fingerprint density at radius 2 is 2.33 bits per heavy atom. The van der Waals surface area contributed by atoms with Gasteiger partial charge in [-0.05, 0) is 24.6 Å². The van der Waals surface area contributed by atoms with E-state index in [-0.39, 0.29) is 5.56 Å². The molecule has 0 saturated carbocycles. The zero-order valence-corrected chi connectivity index (χ0v) is 12.4. The number of halogens is 1. The summed E-state index contributed by atoms with van der Waals surface area (Å²) in [5, 5.41) is 17.5. The van der Waals surface area contributed by atoms with Crippen molar-refractivity contribution in [2.24, 2.45) is 0 Å². The maximum absolute atomic E-state index is 11.5. The Morgan fingerprint density at radius 3 is 3.10 bits per heavy atom. The molecule has 0 aliphatic rings. The van der Waals surface area contributed by atoms with E-state index in [1.807, 2.05) is 22.0 Å². The fourth-order valence-electron chi connectivity index (χ4n) is 1.93. The zero-order chi connectivity index (χ0) is 15.0. The van der Waals surface area contributed by atoms with Crippen molar-refractivity contribution in [1.82, 2.24) is 19.6 Å². The summed E-state index contributed by atoms with van der Waals surface area (Å²) in [6.07, 6.45) is 5.31. The Morgan fingerprint density at radius 1 is 1.52 bits per heavy atom. The highest BCUT2D eigenvalue weighted by atomic mass is 35.5. The number of hydrogen-bond donors (Lipinski definition) is 1. The van der Waals surface area contributed by atoms with Gasteiger partial charge < -0.3 is 0 Å². The first-order chi connectivity index (χ1) is 10.1. The summed E-state index contributed by atoms with van der Waals surface area (Å²) < 4.78 is 1.86. The predicted octanol–water partition coefficient (Wildman–Crippen LogP) is 2.48. The molecule has 3 aromatic rings. The van der Waals surface area contributed by atoms with Crippen LogP contribution in [0.2, 0.25) is 5.15 Å². The van der Waals surface area contributed by atoms with Crippen molar-refractivity contribution in [3.05, 3.63) is 49.6 Å². The zero-order valence-electron chi connectivity index (χ0n) is 10.8. The van der Waals surface area contributed by atoms with E-state index in [1.54, 1.807) is 19.1 Å². The van der Waals surface area contributed by atoms with Gasteiger partial charge in [0.1, 0.15) is 11.6 Å². The molecule has 1 N–H and O–H groups in total. The molecule has 3 rings (SSSR count). The Labute approximate surface area is 128 Å². The number of nitriles is 1. The lowest BCUT2D eigenvalue weighted by Crippen LogP contribution is -2.15. The van der Waals surface area contributed by atoms with Gasteiger partial charge in [-0.3, -0.25) is 9.20 Å². The molecule has 0 bridgehead atoms. The molecule has 0 radical (unpaired) electrons. The van der Waals surface area contributed by atoms with E-state index in [2.05, 4.69) is 15.2 Å². The molecule has 0 amide bonds. The summed E-state index contributed by atoms with van der Waals surface area (Å²) in [6, 6.07) is 1.87. The topological polar surface area (TPSA) is 86.8 Å². The van der Waals surface area contributed by atoms with Crippen LogP contribution in [0.15, 0.2) is 16.4 Å². The molecule has 3 heterocycles. The standard InChI is InChI=1S/C13H8ClN5OS/c1-7-8(6-15)12(20)18-17-9(7)2-3-10-11(14)16-13-19(10)4-5-21-13/h2-5H,1H3,(H,18,20)/b3-2+. The normalized spacial score (nSPS) is 11.3. The number of thiazole rings is 1. The first-order valence-corrected chi connectivity index (χ1v) is 7.16. The van der Waals surface area contributed by atoms with E-state index < -0.39 is 5.56 Å². The van der Waals surface area contributed by atoms with Gasteiger partial charge in [0.15, 0.2) is 10.1 Å². The van der Waals surface area contributed by atoms with Crippen molar-refractivity contribution in [3.8, 4) is 6.07 Å². The number of fused-ring (bicyclic) bond motifs is 1. The van der Waals surface area contributed by atoms with Gasteiger partial charge in [-0.1, -0.05) is 11.6 Å². The fourth-order valence-corrected chi connectivity index (χ4v) is 2.94. The monoisotopic (exact) mass is 317 g/mol. The first-order valence-electron chi connectivity index (χ1n) is 5.90. The predicted molar refractivity (Wildman–Crippen MR) is 81.3 cm³/mol. The van der Waals surface area contributed by atoms with E-state index in [4.69, 9.17) is 16.9 Å². The van der Waals surface area contributed by atoms with Crippen LogP contribution in [0.1, 0.15) is 22.5 Å². The maximum atomic E-state index is 11.5. The SMILES string of the molecule is Cc1c(/C=C/c2c(Cl)nc3sccn23)n[nH]c(=O)c1C#N. The van der Waals surface area contributed by atoms with Crippen LogP contribution in [0.5, 0.6) is 0 Å². The van der Waals surface area contributed by atoms with Crippen molar-refractivity contribution in [3.63, 3.8) is 0 Å². The number of hydrogen-bond acceptors (Lipinski definition) is 5. The number of aromatic amines is 1.